The maximum atomic E-state index is 5.29. The van der Waals surface area contributed by atoms with Crippen LogP contribution in [0.15, 0.2) is 22.8 Å². The maximum Gasteiger partial charge on any atom is 0.216 e. The molecule has 0 aliphatic heterocycles. The summed E-state index contributed by atoms with van der Waals surface area (Å²) in [5.74, 6) is 3.95. The molecule has 0 bridgehead atoms. The van der Waals surface area contributed by atoms with Gasteiger partial charge in [-0.25, -0.2) is 4.98 Å². The average Bonchev–Trinajstić information content (AvgIpc) is 3.13. The van der Waals surface area contributed by atoms with Gasteiger partial charge in [0.05, 0.1) is 6.26 Å². The molecular formula is C16H24N4O. The highest BCUT2D eigenvalue weighted by Gasteiger charge is 2.23. The van der Waals surface area contributed by atoms with Gasteiger partial charge in [0, 0.05) is 19.0 Å². The van der Waals surface area contributed by atoms with Gasteiger partial charge >= 0.3 is 0 Å². The predicted octanol–water partition coefficient (Wildman–Crippen LogP) is 3.02. The molecule has 114 valence electrons. The standard InChI is InChI=1S/C16H24N4O/c1-11-5-6-13(10-12(11)2)17-8-7-15-18-16(20-19-15)14-4-3-9-21-14/h3-4,9,11-13,17H,5-8,10H2,1-2H3,(H,18,19,20)/t11-,12-,13-/m1/s1. The third-order valence-electron chi connectivity index (χ3n) is 4.67. The molecular weight excluding hydrogens is 264 g/mol. The second-order valence-corrected chi connectivity index (χ2v) is 6.25. The third-order valence-corrected chi connectivity index (χ3v) is 4.67. The fourth-order valence-electron chi connectivity index (χ4n) is 3.05. The Kier molecular flexibility index (Phi) is 4.39. The van der Waals surface area contributed by atoms with Crippen molar-refractivity contribution < 1.29 is 4.42 Å². The van der Waals surface area contributed by atoms with Crippen molar-refractivity contribution in [2.45, 2.75) is 45.6 Å². The SMILES string of the molecule is C[C@@H]1CC[C@@H](NCCc2nc(-c3ccco3)n[nH]2)C[C@H]1C. The molecule has 0 spiro atoms. The third kappa shape index (κ3) is 3.53. The molecule has 3 rings (SSSR count). The van der Waals surface area contributed by atoms with E-state index in [4.69, 9.17) is 4.42 Å². The van der Waals surface area contributed by atoms with Gasteiger partial charge in [-0.15, -0.1) is 0 Å². The van der Waals surface area contributed by atoms with Gasteiger partial charge in [0.1, 0.15) is 5.82 Å². The van der Waals surface area contributed by atoms with Crippen LogP contribution in [0.4, 0.5) is 0 Å². The summed E-state index contributed by atoms with van der Waals surface area (Å²) < 4.78 is 5.29. The number of aromatic amines is 1. The molecule has 3 atom stereocenters. The first-order valence-electron chi connectivity index (χ1n) is 7.91. The number of aromatic nitrogens is 3. The van der Waals surface area contributed by atoms with E-state index < -0.39 is 0 Å². The van der Waals surface area contributed by atoms with Gasteiger partial charge in [0.2, 0.25) is 5.82 Å². The highest BCUT2D eigenvalue weighted by atomic mass is 16.3. The van der Waals surface area contributed by atoms with Crippen molar-refractivity contribution in [2.24, 2.45) is 11.8 Å². The molecule has 1 aliphatic rings. The second kappa shape index (κ2) is 6.43. The molecule has 1 aliphatic carbocycles. The number of rotatable bonds is 5. The molecule has 0 aromatic carbocycles. The molecule has 21 heavy (non-hydrogen) atoms. The van der Waals surface area contributed by atoms with Crippen molar-refractivity contribution in [3.63, 3.8) is 0 Å². The van der Waals surface area contributed by atoms with Crippen LogP contribution in [0.1, 0.15) is 38.9 Å². The number of furan rings is 1. The fraction of sp³-hybridized carbons (Fsp3) is 0.625. The average molecular weight is 288 g/mol. The van der Waals surface area contributed by atoms with E-state index in [0.29, 0.717) is 17.6 Å². The zero-order valence-corrected chi connectivity index (χ0v) is 12.8. The van der Waals surface area contributed by atoms with Crippen LogP contribution in [0, 0.1) is 11.8 Å². The summed E-state index contributed by atoms with van der Waals surface area (Å²) in [6.07, 6.45) is 6.42. The molecule has 1 saturated carbocycles. The highest BCUT2D eigenvalue weighted by molar-refractivity contribution is 5.45. The van der Waals surface area contributed by atoms with Gasteiger partial charge in [-0.05, 0) is 43.2 Å². The van der Waals surface area contributed by atoms with Crippen LogP contribution in [0.25, 0.3) is 11.6 Å². The summed E-state index contributed by atoms with van der Waals surface area (Å²) in [5, 5.41) is 10.8. The minimum Gasteiger partial charge on any atom is -0.461 e. The monoisotopic (exact) mass is 288 g/mol. The van der Waals surface area contributed by atoms with Crippen molar-refractivity contribution in [1.29, 1.82) is 0 Å². The van der Waals surface area contributed by atoms with Gasteiger partial charge in [-0.2, -0.15) is 5.10 Å². The lowest BCUT2D eigenvalue weighted by atomic mass is 9.79. The Bertz CT molecular complexity index is 548. The molecule has 5 nitrogen and oxygen atoms in total. The van der Waals surface area contributed by atoms with Crippen molar-refractivity contribution >= 4 is 0 Å². The predicted molar refractivity (Wildman–Crippen MR) is 81.8 cm³/mol. The van der Waals surface area contributed by atoms with Gasteiger partial charge < -0.3 is 9.73 Å². The molecule has 0 amide bonds. The molecule has 2 aromatic heterocycles. The van der Waals surface area contributed by atoms with Crippen LogP contribution in [0.2, 0.25) is 0 Å². The number of hydrogen-bond donors (Lipinski definition) is 2. The van der Waals surface area contributed by atoms with E-state index in [2.05, 4.69) is 34.3 Å². The summed E-state index contributed by atoms with van der Waals surface area (Å²) in [6, 6.07) is 4.37. The normalized spacial score (nSPS) is 26.1. The number of nitrogens with zero attached hydrogens (tertiary/aromatic N) is 2. The van der Waals surface area contributed by atoms with Crippen LogP contribution in [-0.4, -0.2) is 27.8 Å². The van der Waals surface area contributed by atoms with Gasteiger partial charge in [0.15, 0.2) is 5.76 Å². The maximum absolute atomic E-state index is 5.29. The summed E-state index contributed by atoms with van der Waals surface area (Å²) in [5.41, 5.74) is 0. The Hall–Kier alpha value is -1.62. The summed E-state index contributed by atoms with van der Waals surface area (Å²) in [7, 11) is 0. The molecule has 0 unspecified atom stereocenters. The second-order valence-electron chi connectivity index (χ2n) is 6.25. The van der Waals surface area contributed by atoms with E-state index in [0.717, 1.165) is 30.6 Å². The Labute approximate surface area is 125 Å². The van der Waals surface area contributed by atoms with Crippen LogP contribution in [-0.2, 0) is 6.42 Å². The van der Waals surface area contributed by atoms with Crippen LogP contribution < -0.4 is 5.32 Å². The Balaban J connectivity index is 1.46. The highest BCUT2D eigenvalue weighted by Crippen LogP contribution is 2.29. The van der Waals surface area contributed by atoms with Crippen molar-refractivity contribution in [3.8, 4) is 11.6 Å². The Morgan fingerprint density at radius 1 is 1.33 bits per heavy atom. The molecule has 2 N–H and O–H groups in total. The Morgan fingerprint density at radius 3 is 3.00 bits per heavy atom. The minimum absolute atomic E-state index is 0.634. The van der Waals surface area contributed by atoms with Crippen LogP contribution in [0.5, 0.6) is 0 Å². The lowest BCUT2D eigenvalue weighted by Gasteiger charge is -2.32. The zero-order chi connectivity index (χ0) is 14.7. The first-order chi connectivity index (χ1) is 10.2. The molecule has 1 fully saturated rings. The molecule has 0 saturated heterocycles. The lowest BCUT2D eigenvalue weighted by molar-refractivity contribution is 0.227. The largest absolute Gasteiger partial charge is 0.461 e. The summed E-state index contributed by atoms with van der Waals surface area (Å²) in [4.78, 5) is 4.46. The molecule has 2 aromatic rings. The number of H-pyrrole nitrogens is 1. The quantitative estimate of drug-likeness (QED) is 0.887. The molecule has 0 radical (unpaired) electrons. The van der Waals surface area contributed by atoms with Gasteiger partial charge in [-0.3, -0.25) is 5.10 Å². The molecule has 2 heterocycles. The van der Waals surface area contributed by atoms with E-state index in [1.54, 1.807) is 6.26 Å². The lowest BCUT2D eigenvalue weighted by Crippen LogP contribution is -2.37. The minimum atomic E-state index is 0.634. The van der Waals surface area contributed by atoms with E-state index in [1.165, 1.54) is 19.3 Å². The fourth-order valence-corrected chi connectivity index (χ4v) is 3.05. The van der Waals surface area contributed by atoms with Crippen molar-refractivity contribution in [3.05, 3.63) is 24.2 Å². The summed E-state index contributed by atoms with van der Waals surface area (Å²) >= 11 is 0. The smallest absolute Gasteiger partial charge is 0.216 e. The number of nitrogens with one attached hydrogen (secondary N) is 2. The van der Waals surface area contributed by atoms with Crippen LogP contribution >= 0.6 is 0 Å². The molecule has 5 heteroatoms. The van der Waals surface area contributed by atoms with E-state index >= 15 is 0 Å². The van der Waals surface area contributed by atoms with E-state index in [9.17, 15) is 0 Å². The van der Waals surface area contributed by atoms with E-state index in [-0.39, 0.29) is 0 Å². The number of hydrogen-bond acceptors (Lipinski definition) is 4. The first kappa shape index (κ1) is 14.3. The van der Waals surface area contributed by atoms with Crippen LogP contribution in [0.3, 0.4) is 0 Å². The van der Waals surface area contributed by atoms with Gasteiger partial charge in [0.25, 0.3) is 0 Å². The van der Waals surface area contributed by atoms with Gasteiger partial charge in [-0.1, -0.05) is 13.8 Å². The van der Waals surface area contributed by atoms with E-state index in [1.807, 2.05) is 12.1 Å². The topological polar surface area (TPSA) is 66.7 Å². The first-order valence-corrected chi connectivity index (χ1v) is 7.91. The summed E-state index contributed by atoms with van der Waals surface area (Å²) in [6.45, 7) is 5.68. The Morgan fingerprint density at radius 2 is 2.24 bits per heavy atom. The zero-order valence-electron chi connectivity index (χ0n) is 12.8. The van der Waals surface area contributed by atoms with Crippen molar-refractivity contribution in [1.82, 2.24) is 20.5 Å². The van der Waals surface area contributed by atoms with Crippen molar-refractivity contribution in [2.75, 3.05) is 6.54 Å².